The molecule has 0 aliphatic heterocycles. The van der Waals surface area contributed by atoms with Gasteiger partial charge in [0.1, 0.15) is 0 Å². The van der Waals surface area contributed by atoms with Crippen molar-refractivity contribution in [3.63, 3.8) is 0 Å². The van der Waals surface area contributed by atoms with E-state index >= 15 is 0 Å². The van der Waals surface area contributed by atoms with Crippen LogP contribution in [0.5, 0.6) is 0 Å². The molecule has 1 rings (SSSR count). The standard InChI is InChI=1S/C11H10IN3O2S/c1-17-10(16)7-4-3-5-8(12)9(7)15-11(18-2)14-6-13/h3-5H,1-2H3,(H,14,15). The van der Waals surface area contributed by atoms with E-state index in [4.69, 9.17) is 10.00 Å². The molecule has 0 spiro atoms. The molecular formula is C11H10IN3O2S. The second-order valence-corrected chi connectivity index (χ2v) is 4.94. The first kappa shape index (κ1) is 14.8. The Labute approximate surface area is 123 Å². The Balaban J connectivity index is 3.30. The van der Waals surface area contributed by atoms with E-state index in [1.54, 1.807) is 24.6 Å². The molecule has 94 valence electrons. The Kier molecular flexibility index (Phi) is 5.94. The first-order valence-corrected chi connectivity index (χ1v) is 7.09. The Morgan fingerprint density at radius 1 is 1.61 bits per heavy atom. The molecule has 0 radical (unpaired) electrons. The van der Waals surface area contributed by atoms with E-state index in [1.165, 1.54) is 18.9 Å². The molecule has 0 unspecified atom stereocenters. The maximum absolute atomic E-state index is 11.6. The van der Waals surface area contributed by atoms with Crippen LogP contribution in [0.15, 0.2) is 23.2 Å². The molecule has 0 heterocycles. The van der Waals surface area contributed by atoms with Gasteiger partial charge in [0.25, 0.3) is 0 Å². The van der Waals surface area contributed by atoms with Gasteiger partial charge in [0.05, 0.1) is 18.4 Å². The van der Waals surface area contributed by atoms with E-state index in [9.17, 15) is 4.79 Å². The van der Waals surface area contributed by atoms with Crippen LogP contribution in [0.1, 0.15) is 10.4 Å². The maximum Gasteiger partial charge on any atom is 0.340 e. The lowest BCUT2D eigenvalue weighted by Gasteiger charge is -2.07. The van der Waals surface area contributed by atoms with Crippen molar-refractivity contribution in [3.8, 4) is 6.19 Å². The third-order valence-corrected chi connectivity index (χ3v) is 3.41. The number of benzene rings is 1. The van der Waals surface area contributed by atoms with Gasteiger partial charge in [-0.05, 0) is 41.0 Å². The molecule has 18 heavy (non-hydrogen) atoms. The minimum atomic E-state index is -0.454. The van der Waals surface area contributed by atoms with E-state index in [2.05, 4.69) is 32.9 Å². The normalized spacial score (nSPS) is 10.7. The van der Waals surface area contributed by atoms with Gasteiger partial charge in [0.2, 0.25) is 0 Å². The van der Waals surface area contributed by atoms with E-state index in [1.807, 2.05) is 6.07 Å². The lowest BCUT2D eigenvalue weighted by Crippen LogP contribution is -2.13. The summed E-state index contributed by atoms with van der Waals surface area (Å²) in [4.78, 5) is 15.9. The van der Waals surface area contributed by atoms with Gasteiger partial charge in [-0.25, -0.2) is 9.79 Å². The van der Waals surface area contributed by atoms with Gasteiger partial charge in [0.15, 0.2) is 11.4 Å². The smallest absolute Gasteiger partial charge is 0.340 e. The third kappa shape index (κ3) is 3.61. The average Bonchev–Trinajstić information content (AvgIpc) is 2.39. The van der Waals surface area contributed by atoms with Gasteiger partial charge < -0.3 is 4.74 Å². The fourth-order valence-electron chi connectivity index (χ4n) is 1.18. The minimum absolute atomic E-state index is 0.371. The maximum atomic E-state index is 11.6. The van der Waals surface area contributed by atoms with Gasteiger partial charge in [-0.15, -0.1) is 0 Å². The van der Waals surface area contributed by atoms with Crippen molar-refractivity contribution in [3.05, 3.63) is 27.3 Å². The van der Waals surface area contributed by atoms with Crippen LogP contribution in [-0.2, 0) is 4.74 Å². The Bertz CT molecular complexity index is 526. The number of nitriles is 1. The number of carbonyl (C=O) groups excluding carboxylic acids is 1. The lowest BCUT2D eigenvalue weighted by molar-refractivity contribution is 0.0601. The van der Waals surface area contributed by atoms with Crippen molar-refractivity contribution >= 4 is 51.2 Å². The van der Waals surface area contributed by atoms with Crippen LogP contribution < -0.4 is 5.32 Å². The number of carbonyl (C=O) groups is 1. The summed E-state index contributed by atoms with van der Waals surface area (Å²) in [5.41, 5.74) is 0.868. The number of methoxy groups -OCH3 is 1. The number of nitrogens with one attached hydrogen (secondary N) is 1. The van der Waals surface area contributed by atoms with Gasteiger partial charge >= 0.3 is 5.97 Å². The van der Waals surface area contributed by atoms with E-state index in [-0.39, 0.29) is 0 Å². The molecular weight excluding hydrogens is 365 g/mol. The summed E-state index contributed by atoms with van der Waals surface area (Å²) in [6.07, 6.45) is 3.59. The van der Waals surface area contributed by atoms with Crippen LogP contribution >= 0.6 is 34.4 Å². The van der Waals surface area contributed by atoms with Gasteiger partial charge in [-0.3, -0.25) is 5.32 Å². The topological polar surface area (TPSA) is 74.5 Å². The third-order valence-electron chi connectivity index (χ3n) is 1.96. The highest BCUT2D eigenvalue weighted by Gasteiger charge is 2.14. The second-order valence-electron chi connectivity index (χ2n) is 2.99. The monoisotopic (exact) mass is 375 g/mol. The summed E-state index contributed by atoms with van der Waals surface area (Å²) in [6, 6.07) is 5.22. The summed E-state index contributed by atoms with van der Waals surface area (Å²) >= 11 is 3.37. The Hall–Kier alpha value is -1.27. The number of hydrogen-bond donors (Lipinski definition) is 1. The molecule has 0 atom stereocenters. The van der Waals surface area contributed by atoms with Crippen molar-refractivity contribution in [2.75, 3.05) is 13.4 Å². The van der Waals surface area contributed by atoms with Crippen molar-refractivity contribution in [1.29, 1.82) is 5.26 Å². The molecule has 0 aliphatic rings. The summed E-state index contributed by atoms with van der Waals surface area (Å²) in [6.45, 7) is 0. The first-order chi connectivity index (χ1) is 8.63. The van der Waals surface area contributed by atoms with E-state index in [0.717, 1.165) is 3.57 Å². The number of ether oxygens (including phenoxy) is 1. The number of hydrogen-bond acceptors (Lipinski definition) is 5. The highest BCUT2D eigenvalue weighted by atomic mass is 127. The number of esters is 1. The molecule has 0 aromatic heterocycles. The zero-order valence-corrected chi connectivity index (χ0v) is 12.7. The van der Waals surface area contributed by atoms with Crippen molar-refractivity contribution in [2.45, 2.75) is 0 Å². The van der Waals surface area contributed by atoms with Crippen LogP contribution in [0.2, 0.25) is 0 Å². The summed E-state index contributed by atoms with van der Waals surface area (Å²) in [5.74, 6) is -0.454. The molecule has 1 N–H and O–H groups in total. The van der Waals surface area contributed by atoms with Gasteiger partial charge in [-0.2, -0.15) is 5.26 Å². The molecule has 5 nitrogen and oxygen atoms in total. The Morgan fingerprint density at radius 2 is 2.33 bits per heavy atom. The first-order valence-electron chi connectivity index (χ1n) is 4.78. The van der Waals surface area contributed by atoms with Crippen molar-refractivity contribution in [2.24, 2.45) is 4.99 Å². The van der Waals surface area contributed by atoms with Crippen LogP contribution in [0.25, 0.3) is 0 Å². The SMILES string of the molecule is COC(=O)c1cccc(I)c1N=C(NC#N)SC. The number of thioether (sulfide) groups is 1. The van der Waals surface area contributed by atoms with Crippen LogP contribution in [0.4, 0.5) is 5.69 Å². The predicted octanol–water partition coefficient (Wildman–Crippen LogP) is 2.50. The second kappa shape index (κ2) is 7.23. The zero-order chi connectivity index (χ0) is 13.5. The number of aliphatic imine (C=N–C) groups is 1. The molecule has 0 bridgehead atoms. The fraction of sp³-hybridized carbons (Fsp3) is 0.182. The molecule has 1 aromatic carbocycles. The van der Waals surface area contributed by atoms with E-state index in [0.29, 0.717) is 16.4 Å². The molecule has 0 amide bonds. The number of nitrogens with zero attached hydrogens (tertiary/aromatic N) is 2. The molecule has 0 saturated carbocycles. The van der Waals surface area contributed by atoms with Gasteiger partial charge in [-0.1, -0.05) is 17.8 Å². The summed E-state index contributed by atoms with van der Waals surface area (Å²) < 4.78 is 5.51. The summed E-state index contributed by atoms with van der Waals surface area (Å²) in [7, 11) is 1.32. The van der Waals surface area contributed by atoms with Crippen molar-refractivity contribution in [1.82, 2.24) is 5.32 Å². The number of para-hydroxylation sites is 1. The molecule has 0 fully saturated rings. The minimum Gasteiger partial charge on any atom is -0.465 e. The number of rotatable bonds is 2. The highest BCUT2D eigenvalue weighted by molar-refractivity contribution is 14.1. The molecule has 7 heteroatoms. The molecule has 0 aliphatic carbocycles. The van der Waals surface area contributed by atoms with Crippen LogP contribution in [-0.4, -0.2) is 24.5 Å². The number of halogens is 1. The van der Waals surface area contributed by atoms with Crippen LogP contribution in [0.3, 0.4) is 0 Å². The fourth-order valence-corrected chi connectivity index (χ4v) is 2.13. The zero-order valence-electron chi connectivity index (χ0n) is 9.73. The Morgan fingerprint density at radius 3 is 2.89 bits per heavy atom. The molecule has 1 aromatic rings. The predicted molar refractivity (Wildman–Crippen MR) is 79.9 cm³/mol. The van der Waals surface area contributed by atoms with Crippen LogP contribution in [0, 0.1) is 15.0 Å². The highest BCUT2D eigenvalue weighted by Crippen LogP contribution is 2.27. The van der Waals surface area contributed by atoms with E-state index < -0.39 is 5.97 Å². The van der Waals surface area contributed by atoms with Crippen molar-refractivity contribution < 1.29 is 9.53 Å². The average molecular weight is 375 g/mol. The summed E-state index contributed by atoms with van der Waals surface area (Å²) in [5, 5.41) is 11.5. The number of amidine groups is 1. The largest absolute Gasteiger partial charge is 0.465 e. The quantitative estimate of drug-likeness (QED) is 0.215. The lowest BCUT2D eigenvalue weighted by atomic mass is 10.2. The molecule has 0 saturated heterocycles. The van der Waals surface area contributed by atoms with Gasteiger partial charge in [0, 0.05) is 3.57 Å².